The van der Waals surface area contributed by atoms with E-state index in [1.807, 2.05) is 91.0 Å². The molecule has 6 rings (SSSR count). The molecule has 0 spiro atoms. The van der Waals surface area contributed by atoms with Gasteiger partial charge in [0.2, 0.25) is 5.91 Å². The van der Waals surface area contributed by atoms with E-state index in [2.05, 4.69) is 15.9 Å². The van der Waals surface area contributed by atoms with E-state index in [1.165, 1.54) is 4.90 Å². The van der Waals surface area contributed by atoms with Crippen molar-refractivity contribution in [2.24, 2.45) is 5.92 Å². The number of nitrogens with zero attached hydrogens (tertiary/aromatic N) is 2. The zero-order valence-electron chi connectivity index (χ0n) is 18.8. The number of halogens is 1. The molecule has 0 N–H and O–H groups in total. The maximum absolute atomic E-state index is 14.0. The van der Waals surface area contributed by atoms with Crippen molar-refractivity contribution in [3.05, 3.63) is 101 Å². The van der Waals surface area contributed by atoms with Gasteiger partial charge in [0.05, 0.1) is 29.0 Å². The predicted molar refractivity (Wildman–Crippen MR) is 137 cm³/mol. The Morgan fingerprint density at radius 1 is 0.857 bits per heavy atom. The number of amides is 2. The van der Waals surface area contributed by atoms with Gasteiger partial charge in [-0.25, -0.2) is 9.96 Å². The molecular formula is C28H21BrN2O4. The topological polar surface area (TPSA) is 59.1 Å². The van der Waals surface area contributed by atoms with Crippen molar-refractivity contribution in [2.75, 3.05) is 17.1 Å². The van der Waals surface area contributed by atoms with Crippen LogP contribution in [0.3, 0.4) is 0 Å². The molecule has 2 aliphatic rings. The Hall–Kier alpha value is -3.68. The highest BCUT2D eigenvalue weighted by atomic mass is 79.9. The molecule has 0 bridgehead atoms. The van der Waals surface area contributed by atoms with Gasteiger partial charge in [-0.2, -0.15) is 0 Å². The quantitative estimate of drug-likeness (QED) is 0.320. The third kappa shape index (κ3) is 3.42. The molecular weight excluding hydrogens is 508 g/mol. The molecule has 35 heavy (non-hydrogen) atoms. The molecule has 2 saturated heterocycles. The van der Waals surface area contributed by atoms with Gasteiger partial charge in [0, 0.05) is 5.39 Å². The molecule has 2 aliphatic heterocycles. The molecule has 2 heterocycles. The largest absolute Gasteiger partial charge is 0.496 e. The van der Waals surface area contributed by atoms with Crippen LogP contribution in [-0.2, 0) is 14.4 Å². The highest BCUT2D eigenvalue weighted by Crippen LogP contribution is 2.49. The van der Waals surface area contributed by atoms with Crippen molar-refractivity contribution in [3.63, 3.8) is 0 Å². The average Bonchev–Trinajstić information content (AvgIpc) is 3.40. The Morgan fingerprint density at radius 2 is 1.60 bits per heavy atom. The Morgan fingerprint density at radius 3 is 2.37 bits per heavy atom. The first-order valence-corrected chi connectivity index (χ1v) is 12.1. The fourth-order valence-electron chi connectivity index (χ4n) is 5.06. The standard InChI is InChI=1S/C28H21BrN2O4/c1-34-23-15-14-18(16-21(23)29)25-24-26(35-31(25)19-10-3-2-4-11-19)28(33)30(27(24)32)22-13-7-9-17-8-5-6-12-20(17)22/h2-16,24-26H,1H3/t24-,25+,26-/m1/s1. The molecule has 7 heteroatoms. The SMILES string of the molecule is COc1ccc([C@H]2[C@H]3C(=O)N(c4cccc5ccccc45)C(=O)[C@@H]3ON2c2ccccc2)cc1Br. The second kappa shape index (κ2) is 8.52. The monoisotopic (exact) mass is 528 g/mol. The first-order valence-electron chi connectivity index (χ1n) is 11.3. The van der Waals surface area contributed by atoms with Gasteiger partial charge in [0.25, 0.3) is 5.91 Å². The van der Waals surface area contributed by atoms with E-state index in [4.69, 9.17) is 9.57 Å². The normalized spacial score (nSPS) is 21.6. The molecule has 0 saturated carbocycles. The van der Waals surface area contributed by atoms with E-state index < -0.39 is 18.1 Å². The zero-order valence-corrected chi connectivity index (χ0v) is 20.4. The number of benzene rings is 4. The Balaban J connectivity index is 1.47. The summed E-state index contributed by atoms with van der Waals surface area (Å²) >= 11 is 3.56. The molecule has 3 atom stereocenters. The van der Waals surface area contributed by atoms with Gasteiger partial charge in [0.1, 0.15) is 11.7 Å². The maximum Gasteiger partial charge on any atom is 0.266 e. The van der Waals surface area contributed by atoms with E-state index in [0.29, 0.717) is 11.4 Å². The summed E-state index contributed by atoms with van der Waals surface area (Å²) in [5.41, 5.74) is 2.20. The fourth-order valence-corrected chi connectivity index (χ4v) is 5.62. The number of imide groups is 1. The lowest BCUT2D eigenvalue weighted by molar-refractivity contribution is -0.126. The lowest BCUT2D eigenvalue weighted by Gasteiger charge is -2.29. The number of hydrogen-bond donors (Lipinski definition) is 0. The highest BCUT2D eigenvalue weighted by molar-refractivity contribution is 9.10. The van der Waals surface area contributed by atoms with E-state index in [1.54, 1.807) is 12.2 Å². The molecule has 2 fully saturated rings. The van der Waals surface area contributed by atoms with Crippen LogP contribution in [0.4, 0.5) is 11.4 Å². The Kier molecular flexibility index (Phi) is 5.31. The fraction of sp³-hybridized carbons (Fsp3) is 0.143. The summed E-state index contributed by atoms with van der Waals surface area (Å²) in [5.74, 6) is -0.650. The van der Waals surface area contributed by atoms with Crippen molar-refractivity contribution < 1.29 is 19.2 Å². The van der Waals surface area contributed by atoms with Gasteiger partial charge in [-0.15, -0.1) is 0 Å². The minimum atomic E-state index is -0.924. The summed E-state index contributed by atoms with van der Waals surface area (Å²) in [5, 5.41) is 3.50. The van der Waals surface area contributed by atoms with Crippen LogP contribution in [0, 0.1) is 5.92 Å². The number of anilines is 2. The first kappa shape index (κ1) is 21.8. The van der Waals surface area contributed by atoms with Crippen LogP contribution in [0.1, 0.15) is 11.6 Å². The summed E-state index contributed by atoms with van der Waals surface area (Å²) in [4.78, 5) is 35.2. The number of hydroxylamine groups is 1. The molecule has 0 aliphatic carbocycles. The van der Waals surface area contributed by atoms with Gasteiger partial charge in [-0.1, -0.05) is 60.7 Å². The van der Waals surface area contributed by atoms with Crippen LogP contribution < -0.4 is 14.7 Å². The van der Waals surface area contributed by atoms with Crippen molar-refractivity contribution in [2.45, 2.75) is 12.1 Å². The van der Waals surface area contributed by atoms with E-state index >= 15 is 0 Å². The van der Waals surface area contributed by atoms with Crippen LogP contribution in [0.25, 0.3) is 10.8 Å². The average molecular weight is 529 g/mol. The molecule has 4 aromatic carbocycles. The molecule has 0 radical (unpaired) electrons. The van der Waals surface area contributed by atoms with Crippen molar-refractivity contribution in [1.29, 1.82) is 0 Å². The van der Waals surface area contributed by atoms with Crippen LogP contribution in [0.15, 0.2) is 95.5 Å². The third-order valence-corrected chi connectivity index (χ3v) is 7.27. The van der Waals surface area contributed by atoms with Crippen molar-refractivity contribution in [1.82, 2.24) is 0 Å². The van der Waals surface area contributed by atoms with Crippen LogP contribution in [0.5, 0.6) is 5.75 Å². The number of ether oxygens (including phenoxy) is 1. The van der Waals surface area contributed by atoms with Gasteiger partial charge in [-0.05, 0) is 57.2 Å². The van der Waals surface area contributed by atoms with Crippen LogP contribution >= 0.6 is 15.9 Å². The summed E-state index contributed by atoms with van der Waals surface area (Å²) in [7, 11) is 1.60. The lowest BCUT2D eigenvalue weighted by Crippen LogP contribution is -2.37. The third-order valence-electron chi connectivity index (χ3n) is 6.65. The molecule has 0 aromatic heterocycles. The molecule has 6 nitrogen and oxygen atoms in total. The second-order valence-electron chi connectivity index (χ2n) is 8.56. The summed E-state index contributed by atoms with van der Waals surface area (Å²) in [6.07, 6.45) is -0.924. The highest BCUT2D eigenvalue weighted by Gasteiger charge is 2.60. The maximum atomic E-state index is 14.0. The lowest BCUT2D eigenvalue weighted by atomic mass is 9.90. The predicted octanol–water partition coefficient (Wildman–Crippen LogP) is 5.66. The first-order chi connectivity index (χ1) is 17.1. The van der Waals surface area contributed by atoms with Crippen molar-refractivity contribution >= 4 is 49.9 Å². The molecule has 4 aromatic rings. The number of hydrogen-bond acceptors (Lipinski definition) is 5. The summed E-state index contributed by atoms with van der Waals surface area (Å²) in [6, 6.07) is 28.1. The van der Waals surface area contributed by atoms with Gasteiger partial charge in [-0.3, -0.25) is 14.4 Å². The summed E-state index contributed by atoms with van der Waals surface area (Å²) in [6.45, 7) is 0. The van der Waals surface area contributed by atoms with Crippen LogP contribution in [0.2, 0.25) is 0 Å². The van der Waals surface area contributed by atoms with E-state index in [-0.39, 0.29) is 11.8 Å². The smallest absolute Gasteiger partial charge is 0.266 e. The zero-order chi connectivity index (χ0) is 24.1. The minimum absolute atomic E-state index is 0.272. The molecule has 174 valence electrons. The number of rotatable bonds is 4. The van der Waals surface area contributed by atoms with Crippen LogP contribution in [-0.4, -0.2) is 25.0 Å². The number of carbonyl (C=O) groups is 2. The number of methoxy groups -OCH3 is 1. The number of para-hydroxylation sites is 1. The Labute approximate surface area is 210 Å². The van der Waals surface area contributed by atoms with Gasteiger partial charge >= 0.3 is 0 Å². The number of fused-ring (bicyclic) bond motifs is 2. The summed E-state index contributed by atoms with van der Waals surface area (Å²) < 4.78 is 6.15. The molecule has 2 amide bonds. The van der Waals surface area contributed by atoms with Gasteiger partial charge < -0.3 is 4.74 Å². The van der Waals surface area contributed by atoms with Crippen molar-refractivity contribution in [3.8, 4) is 5.75 Å². The van der Waals surface area contributed by atoms with E-state index in [0.717, 1.165) is 26.5 Å². The Bertz CT molecular complexity index is 1450. The van der Waals surface area contributed by atoms with E-state index in [9.17, 15) is 9.59 Å². The van der Waals surface area contributed by atoms with Gasteiger partial charge in [0.15, 0.2) is 6.10 Å². The minimum Gasteiger partial charge on any atom is -0.496 e. The second-order valence-corrected chi connectivity index (χ2v) is 9.42. The number of carbonyl (C=O) groups excluding carboxylic acids is 2. The molecule has 0 unspecified atom stereocenters.